The third-order valence-electron chi connectivity index (χ3n) is 4.31. The molecule has 1 heterocycles. The van der Waals surface area contributed by atoms with Crippen molar-refractivity contribution in [2.24, 2.45) is 5.92 Å². The molecular weight excluding hydrogens is 248 g/mol. The van der Waals surface area contributed by atoms with Crippen LogP contribution >= 0.6 is 11.6 Å². The zero-order valence-corrected chi connectivity index (χ0v) is 12.0. The van der Waals surface area contributed by atoms with E-state index in [1.807, 2.05) is 0 Å². The second-order valence-corrected chi connectivity index (χ2v) is 6.00. The van der Waals surface area contributed by atoms with Crippen molar-refractivity contribution in [3.63, 3.8) is 0 Å². The fraction of sp³-hybridized carbons (Fsp3) is 0.929. The molecular formula is C14H25ClN2O. The number of amides is 1. The summed E-state index contributed by atoms with van der Waals surface area (Å²) < 4.78 is 0. The molecule has 1 amide bonds. The molecule has 0 aromatic heterocycles. The quantitative estimate of drug-likeness (QED) is 0.734. The average molecular weight is 273 g/mol. The Morgan fingerprint density at radius 2 is 1.72 bits per heavy atom. The third-order valence-corrected chi connectivity index (χ3v) is 4.48. The third kappa shape index (κ3) is 4.13. The molecule has 0 atom stereocenters. The van der Waals surface area contributed by atoms with E-state index in [9.17, 15) is 4.79 Å². The van der Waals surface area contributed by atoms with Crippen LogP contribution in [0, 0.1) is 5.92 Å². The Labute approximate surface area is 115 Å². The molecule has 4 heteroatoms. The Balaban J connectivity index is 1.70. The maximum atomic E-state index is 12.2. The number of hydrogen-bond donors (Lipinski definition) is 0. The lowest BCUT2D eigenvalue weighted by Gasteiger charge is -2.35. The molecule has 0 radical (unpaired) electrons. The zero-order valence-electron chi connectivity index (χ0n) is 11.2. The summed E-state index contributed by atoms with van der Waals surface area (Å²) in [4.78, 5) is 16.6. The van der Waals surface area contributed by atoms with Crippen molar-refractivity contribution < 1.29 is 4.79 Å². The van der Waals surface area contributed by atoms with Gasteiger partial charge in [0, 0.05) is 45.0 Å². The Morgan fingerprint density at radius 3 is 2.33 bits per heavy atom. The highest BCUT2D eigenvalue weighted by Gasteiger charge is 2.24. The SMILES string of the molecule is O=C(CC1CCCCC1)N1CCN(CCCl)CC1. The topological polar surface area (TPSA) is 23.6 Å². The highest BCUT2D eigenvalue weighted by atomic mass is 35.5. The molecule has 0 aromatic carbocycles. The van der Waals surface area contributed by atoms with Gasteiger partial charge in [0.15, 0.2) is 0 Å². The van der Waals surface area contributed by atoms with E-state index in [0.29, 0.717) is 17.7 Å². The van der Waals surface area contributed by atoms with E-state index in [0.717, 1.165) is 39.1 Å². The van der Waals surface area contributed by atoms with E-state index >= 15 is 0 Å². The molecule has 1 aliphatic heterocycles. The predicted molar refractivity (Wildman–Crippen MR) is 74.9 cm³/mol. The molecule has 0 spiro atoms. The number of halogens is 1. The lowest BCUT2D eigenvalue weighted by molar-refractivity contribution is -0.134. The molecule has 1 aliphatic carbocycles. The molecule has 2 rings (SSSR count). The van der Waals surface area contributed by atoms with Crippen molar-refractivity contribution in [1.29, 1.82) is 0 Å². The maximum Gasteiger partial charge on any atom is 0.222 e. The van der Waals surface area contributed by atoms with Crippen LogP contribution in [0.5, 0.6) is 0 Å². The summed E-state index contributed by atoms with van der Waals surface area (Å²) in [5.41, 5.74) is 0. The standard InChI is InChI=1S/C14H25ClN2O/c15-6-7-16-8-10-17(11-9-16)14(18)12-13-4-2-1-3-5-13/h13H,1-12H2. The van der Waals surface area contributed by atoms with Crippen LogP contribution in [-0.2, 0) is 4.79 Å². The van der Waals surface area contributed by atoms with Gasteiger partial charge in [-0.2, -0.15) is 0 Å². The first kappa shape index (κ1) is 14.1. The number of rotatable bonds is 4. The fourth-order valence-corrected chi connectivity index (χ4v) is 3.35. The summed E-state index contributed by atoms with van der Waals surface area (Å²) in [5, 5.41) is 0. The van der Waals surface area contributed by atoms with Crippen LogP contribution in [0.2, 0.25) is 0 Å². The Kier molecular flexibility index (Phi) is 5.77. The number of alkyl halides is 1. The van der Waals surface area contributed by atoms with E-state index < -0.39 is 0 Å². The van der Waals surface area contributed by atoms with E-state index in [2.05, 4.69) is 9.80 Å². The smallest absolute Gasteiger partial charge is 0.222 e. The van der Waals surface area contributed by atoms with E-state index in [-0.39, 0.29) is 0 Å². The van der Waals surface area contributed by atoms with Crippen molar-refractivity contribution >= 4 is 17.5 Å². The summed E-state index contributed by atoms with van der Waals surface area (Å²) in [5.74, 6) is 1.73. The average Bonchev–Trinajstić information content (AvgIpc) is 2.41. The first-order valence-corrected chi connectivity index (χ1v) is 7.89. The van der Waals surface area contributed by atoms with Crippen LogP contribution in [0.1, 0.15) is 38.5 Å². The minimum atomic E-state index is 0.382. The molecule has 0 aromatic rings. The van der Waals surface area contributed by atoms with Gasteiger partial charge in [-0.25, -0.2) is 0 Å². The normalized spacial score (nSPS) is 23.3. The van der Waals surface area contributed by atoms with Gasteiger partial charge in [-0.1, -0.05) is 19.3 Å². The molecule has 2 fully saturated rings. The number of carbonyl (C=O) groups excluding carboxylic acids is 1. The molecule has 104 valence electrons. The fourth-order valence-electron chi connectivity index (χ4n) is 3.11. The van der Waals surface area contributed by atoms with Crippen LogP contribution in [-0.4, -0.2) is 54.3 Å². The second-order valence-electron chi connectivity index (χ2n) is 5.62. The van der Waals surface area contributed by atoms with Gasteiger partial charge in [-0.3, -0.25) is 9.69 Å². The molecule has 2 aliphatic rings. The summed E-state index contributed by atoms with van der Waals surface area (Å²) in [6.07, 6.45) is 7.32. The highest BCUT2D eigenvalue weighted by molar-refractivity contribution is 6.18. The van der Waals surface area contributed by atoms with Crippen molar-refractivity contribution in [1.82, 2.24) is 9.80 Å². The van der Waals surface area contributed by atoms with Crippen LogP contribution in [0.15, 0.2) is 0 Å². The van der Waals surface area contributed by atoms with Gasteiger partial charge in [-0.15, -0.1) is 11.6 Å². The van der Waals surface area contributed by atoms with Crippen LogP contribution < -0.4 is 0 Å². The molecule has 0 N–H and O–H groups in total. The monoisotopic (exact) mass is 272 g/mol. The summed E-state index contributed by atoms with van der Waals surface area (Å²) in [7, 11) is 0. The molecule has 1 saturated carbocycles. The second kappa shape index (κ2) is 7.34. The molecule has 18 heavy (non-hydrogen) atoms. The van der Waals surface area contributed by atoms with Gasteiger partial charge >= 0.3 is 0 Å². The Hall–Kier alpha value is -0.280. The van der Waals surface area contributed by atoms with Crippen LogP contribution in [0.4, 0.5) is 0 Å². The van der Waals surface area contributed by atoms with Crippen molar-refractivity contribution in [3.8, 4) is 0 Å². The summed E-state index contributed by atoms with van der Waals surface area (Å²) >= 11 is 5.74. The van der Waals surface area contributed by atoms with Crippen molar-refractivity contribution in [3.05, 3.63) is 0 Å². The first-order chi connectivity index (χ1) is 8.79. The van der Waals surface area contributed by atoms with E-state index in [4.69, 9.17) is 11.6 Å². The Morgan fingerprint density at radius 1 is 1.06 bits per heavy atom. The summed E-state index contributed by atoms with van der Waals surface area (Å²) in [6, 6.07) is 0. The number of nitrogens with zero attached hydrogens (tertiary/aromatic N) is 2. The molecule has 3 nitrogen and oxygen atoms in total. The van der Waals surface area contributed by atoms with Gasteiger partial charge in [0.2, 0.25) is 5.91 Å². The summed E-state index contributed by atoms with van der Waals surface area (Å²) in [6.45, 7) is 4.71. The van der Waals surface area contributed by atoms with Crippen molar-refractivity contribution in [2.45, 2.75) is 38.5 Å². The van der Waals surface area contributed by atoms with E-state index in [1.165, 1.54) is 32.1 Å². The largest absolute Gasteiger partial charge is 0.340 e. The Bertz CT molecular complexity index is 259. The van der Waals surface area contributed by atoms with Crippen LogP contribution in [0.3, 0.4) is 0 Å². The van der Waals surface area contributed by atoms with E-state index in [1.54, 1.807) is 0 Å². The van der Waals surface area contributed by atoms with Crippen LogP contribution in [0.25, 0.3) is 0 Å². The highest BCUT2D eigenvalue weighted by Crippen LogP contribution is 2.26. The molecule has 1 saturated heterocycles. The number of hydrogen-bond acceptors (Lipinski definition) is 2. The molecule has 0 unspecified atom stereocenters. The van der Waals surface area contributed by atoms with Gasteiger partial charge < -0.3 is 4.90 Å². The lowest BCUT2D eigenvalue weighted by Crippen LogP contribution is -2.49. The van der Waals surface area contributed by atoms with Gasteiger partial charge in [-0.05, 0) is 18.8 Å². The predicted octanol–water partition coefficient (Wildman–Crippen LogP) is 2.34. The molecule has 0 bridgehead atoms. The lowest BCUT2D eigenvalue weighted by atomic mass is 9.86. The first-order valence-electron chi connectivity index (χ1n) is 7.35. The minimum absolute atomic E-state index is 0.382. The number of carbonyl (C=O) groups is 1. The van der Waals surface area contributed by atoms with Gasteiger partial charge in [0.05, 0.1) is 0 Å². The van der Waals surface area contributed by atoms with Gasteiger partial charge in [0.25, 0.3) is 0 Å². The maximum absolute atomic E-state index is 12.2. The van der Waals surface area contributed by atoms with Gasteiger partial charge in [0.1, 0.15) is 0 Å². The zero-order chi connectivity index (χ0) is 12.8. The number of piperazine rings is 1. The minimum Gasteiger partial charge on any atom is -0.340 e. The van der Waals surface area contributed by atoms with Crippen molar-refractivity contribution in [2.75, 3.05) is 38.6 Å².